The highest BCUT2D eigenvalue weighted by Crippen LogP contribution is 2.38. The van der Waals surface area contributed by atoms with E-state index in [4.69, 9.17) is 10.5 Å². The smallest absolute Gasteiger partial charge is 0.0804 e. The lowest BCUT2D eigenvalue weighted by atomic mass is 9.74. The van der Waals surface area contributed by atoms with Crippen LogP contribution in [0, 0.1) is 17.8 Å². The van der Waals surface area contributed by atoms with Crippen LogP contribution >= 0.6 is 0 Å². The molecular weight excluding hydrogens is 246 g/mol. The van der Waals surface area contributed by atoms with Crippen molar-refractivity contribution in [3.05, 3.63) is 0 Å². The van der Waals surface area contributed by atoms with Crippen molar-refractivity contribution in [2.75, 3.05) is 13.2 Å². The Hall–Kier alpha value is -0.0800. The van der Waals surface area contributed by atoms with Gasteiger partial charge in [0.15, 0.2) is 0 Å². The van der Waals surface area contributed by atoms with Crippen LogP contribution in [0.25, 0.3) is 0 Å². The second-order valence-corrected chi connectivity index (χ2v) is 7.20. The van der Waals surface area contributed by atoms with Crippen molar-refractivity contribution in [3.63, 3.8) is 0 Å². The van der Waals surface area contributed by atoms with Crippen molar-refractivity contribution in [3.8, 4) is 0 Å². The molecule has 20 heavy (non-hydrogen) atoms. The minimum atomic E-state index is -0.00890. The lowest BCUT2D eigenvalue weighted by Crippen LogP contribution is -2.45. The maximum absolute atomic E-state index is 6.37. The van der Waals surface area contributed by atoms with Crippen LogP contribution in [-0.2, 0) is 4.74 Å². The molecule has 0 aromatic heterocycles. The third-order valence-corrected chi connectivity index (χ3v) is 5.42. The average Bonchev–Trinajstić information content (AvgIpc) is 2.48. The summed E-state index contributed by atoms with van der Waals surface area (Å²) in [5.41, 5.74) is 6.05. The van der Waals surface area contributed by atoms with E-state index in [1.807, 2.05) is 0 Å². The second kappa shape index (κ2) is 9.04. The fraction of sp³-hybridized carbons (Fsp3) is 1.00. The van der Waals surface area contributed by atoms with Gasteiger partial charge in [-0.2, -0.15) is 0 Å². The first-order valence-electron chi connectivity index (χ1n) is 8.91. The van der Waals surface area contributed by atoms with Crippen LogP contribution in [0.1, 0.15) is 79.1 Å². The summed E-state index contributed by atoms with van der Waals surface area (Å²) in [6.45, 7) is 10.9. The first kappa shape index (κ1) is 18.0. The van der Waals surface area contributed by atoms with Gasteiger partial charge in [0.05, 0.1) is 12.2 Å². The standard InChI is InChI=1S/C18H37NO/c1-5-7-8-16(6-2)13-20-18(14-19)11-9-17(10-12-18)15(3)4/h15-17H,5-14,19H2,1-4H3. The molecule has 0 bridgehead atoms. The Labute approximate surface area is 126 Å². The van der Waals surface area contributed by atoms with E-state index in [-0.39, 0.29) is 5.60 Å². The third-order valence-electron chi connectivity index (χ3n) is 5.42. The van der Waals surface area contributed by atoms with Crippen molar-refractivity contribution in [1.82, 2.24) is 0 Å². The van der Waals surface area contributed by atoms with Gasteiger partial charge in [0.2, 0.25) is 0 Å². The Balaban J connectivity index is 2.42. The van der Waals surface area contributed by atoms with Gasteiger partial charge in [-0.3, -0.25) is 0 Å². The minimum Gasteiger partial charge on any atom is -0.373 e. The first-order chi connectivity index (χ1) is 9.56. The molecule has 2 N–H and O–H groups in total. The van der Waals surface area contributed by atoms with Crippen LogP contribution in [0.4, 0.5) is 0 Å². The molecule has 1 fully saturated rings. The zero-order valence-corrected chi connectivity index (χ0v) is 14.3. The maximum atomic E-state index is 6.37. The molecule has 1 unspecified atom stereocenters. The number of nitrogens with two attached hydrogens (primary N) is 1. The van der Waals surface area contributed by atoms with E-state index in [0.29, 0.717) is 6.54 Å². The van der Waals surface area contributed by atoms with Gasteiger partial charge < -0.3 is 10.5 Å². The molecule has 1 atom stereocenters. The van der Waals surface area contributed by atoms with Gasteiger partial charge in [0.25, 0.3) is 0 Å². The fourth-order valence-corrected chi connectivity index (χ4v) is 3.43. The molecule has 1 saturated carbocycles. The molecule has 1 aliphatic rings. The Kier molecular flexibility index (Phi) is 8.13. The highest BCUT2D eigenvalue weighted by molar-refractivity contribution is 4.89. The largest absolute Gasteiger partial charge is 0.373 e. The van der Waals surface area contributed by atoms with E-state index in [0.717, 1.165) is 37.2 Å². The second-order valence-electron chi connectivity index (χ2n) is 7.20. The van der Waals surface area contributed by atoms with Gasteiger partial charge in [-0.15, -0.1) is 0 Å². The summed E-state index contributed by atoms with van der Waals surface area (Å²) in [6, 6.07) is 0. The molecule has 0 heterocycles. The number of hydrogen-bond donors (Lipinski definition) is 1. The van der Waals surface area contributed by atoms with Gasteiger partial charge in [0.1, 0.15) is 0 Å². The van der Waals surface area contributed by atoms with Gasteiger partial charge in [-0.25, -0.2) is 0 Å². The predicted molar refractivity (Wildman–Crippen MR) is 87.8 cm³/mol. The van der Waals surface area contributed by atoms with Gasteiger partial charge in [-0.05, 0) is 49.9 Å². The molecule has 0 aromatic carbocycles. The monoisotopic (exact) mass is 283 g/mol. The first-order valence-corrected chi connectivity index (χ1v) is 8.91. The van der Waals surface area contributed by atoms with Gasteiger partial charge in [-0.1, -0.05) is 47.0 Å². The Morgan fingerprint density at radius 3 is 2.30 bits per heavy atom. The lowest BCUT2D eigenvalue weighted by molar-refractivity contribution is -0.0880. The van der Waals surface area contributed by atoms with Crippen LogP contribution in [0.5, 0.6) is 0 Å². The summed E-state index contributed by atoms with van der Waals surface area (Å²) < 4.78 is 6.37. The van der Waals surface area contributed by atoms with E-state index in [1.54, 1.807) is 0 Å². The fourth-order valence-electron chi connectivity index (χ4n) is 3.43. The molecule has 120 valence electrons. The van der Waals surface area contributed by atoms with E-state index in [1.165, 1.54) is 38.5 Å². The SMILES string of the molecule is CCCCC(CC)COC1(CN)CCC(C(C)C)CC1. The number of rotatable bonds is 9. The molecule has 0 saturated heterocycles. The topological polar surface area (TPSA) is 35.2 Å². The van der Waals surface area contributed by atoms with E-state index in [9.17, 15) is 0 Å². The van der Waals surface area contributed by atoms with Crippen LogP contribution in [-0.4, -0.2) is 18.8 Å². The predicted octanol–water partition coefficient (Wildman–Crippen LogP) is 4.76. The maximum Gasteiger partial charge on any atom is 0.0804 e. The molecule has 2 nitrogen and oxygen atoms in total. The average molecular weight is 284 g/mol. The van der Waals surface area contributed by atoms with Crippen molar-refractivity contribution in [1.29, 1.82) is 0 Å². The molecule has 2 heteroatoms. The molecule has 0 spiro atoms. The van der Waals surface area contributed by atoms with E-state index in [2.05, 4.69) is 27.7 Å². The summed E-state index contributed by atoms with van der Waals surface area (Å²) in [5, 5.41) is 0. The van der Waals surface area contributed by atoms with Crippen LogP contribution in [0.3, 0.4) is 0 Å². The number of unbranched alkanes of at least 4 members (excludes halogenated alkanes) is 1. The van der Waals surface area contributed by atoms with Crippen LogP contribution in [0.2, 0.25) is 0 Å². The zero-order valence-electron chi connectivity index (χ0n) is 14.3. The molecule has 1 rings (SSSR count). The molecule has 0 aromatic rings. The molecule has 0 radical (unpaired) electrons. The summed E-state index contributed by atoms with van der Waals surface area (Å²) in [7, 11) is 0. The minimum absolute atomic E-state index is 0.00890. The van der Waals surface area contributed by atoms with Crippen molar-refractivity contribution in [2.45, 2.75) is 84.7 Å². The van der Waals surface area contributed by atoms with Gasteiger partial charge >= 0.3 is 0 Å². The van der Waals surface area contributed by atoms with Crippen molar-refractivity contribution >= 4 is 0 Å². The van der Waals surface area contributed by atoms with Crippen molar-refractivity contribution in [2.24, 2.45) is 23.5 Å². The molecule has 1 aliphatic carbocycles. The quantitative estimate of drug-likeness (QED) is 0.662. The highest BCUT2D eigenvalue weighted by Gasteiger charge is 2.36. The number of hydrogen-bond acceptors (Lipinski definition) is 2. The lowest BCUT2D eigenvalue weighted by Gasteiger charge is -2.41. The van der Waals surface area contributed by atoms with Crippen LogP contribution < -0.4 is 5.73 Å². The third kappa shape index (κ3) is 5.37. The summed E-state index contributed by atoms with van der Waals surface area (Å²) >= 11 is 0. The Morgan fingerprint density at radius 1 is 1.20 bits per heavy atom. The van der Waals surface area contributed by atoms with E-state index < -0.39 is 0 Å². The van der Waals surface area contributed by atoms with Crippen molar-refractivity contribution < 1.29 is 4.74 Å². The summed E-state index contributed by atoms with van der Waals surface area (Å²) in [4.78, 5) is 0. The summed E-state index contributed by atoms with van der Waals surface area (Å²) in [5.74, 6) is 2.40. The normalized spacial score (nSPS) is 28.8. The Bertz CT molecular complexity index is 244. The molecule has 0 amide bonds. The highest BCUT2D eigenvalue weighted by atomic mass is 16.5. The van der Waals surface area contributed by atoms with Crippen LogP contribution in [0.15, 0.2) is 0 Å². The summed E-state index contributed by atoms with van der Waals surface area (Å²) in [6.07, 6.45) is 10.1. The zero-order chi connectivity index (χ0) is 15.0. The van der Waals surface area contributed by atoms with E-state index >= 15 is 0 Å². The number of ether oxygens (including phenoxy) is 1. The molecule has 0 aliphatic heterocycles. The van der Waals surface area contributed by atoms with Gasteiger partial charge in [0, 0.05) is 6.54 Å². The Morgan fingerprint density at radius 2 is 1.85 bits per heavy atom. The molecular formula is C18H37NO.